The maximum Gasteiger partial charge on any atom is 0.255 e. The van der Waals surface area contributed by atoms with E-state index < -0.39 is 0 Å². The van der Waals surface area contributed by atoms with Crippen molar-refractivity contribution in [1.29, 1.82) is 0 Å². The monoisotopic (exact) mass is 322 g/mol. The van der Waals surface area contributed by atoms with Gasteiger partial charge in [-0.25, -0.2) is 0 Å². The average Bonchev–Trinajstić information content (AvgIpc) is 3.34. The molecule has 0 atom stereocenters. The number of benzene rings is 1. The summed E-state index contributed by atoms with van der Waals surface area (Å²) in [4.78, 5) is 14.4. The predicted molar refractivity (Wildman–Crippen MR) is 87.1 cm³/mol. The van der Waals surface area contributed by atoms with Crippen LogP contribution in [0.5, 0.6) is 0 Å². The smallest absolute Gasteiger partial charge is 0.255 e. The number of carbonyl (C=O) groups is 1. The van der Waals surface area contributed by atoms with Gasteiger partial charge in [-0.05, 0) is 37.8 Å². The summed E-state index contributed by atoms with van der Waals surface area (Å²) in [6, 6.07) is 7.67. The van der Waals surface area contributed by atoms with Crippen LogP contribution in [0.4, 0.5) is 0 Å². The number of likely N-dealkylation sites (tertiary alicyclic amines) is 1. The molecule has 3 rings (SSSR count). The summed E-state index contributed by atoms with van der Waals surface area (Å²) in [7, 11) is 0. The van der Waals surface area contributed by atoms with Crippen LogP contribution < -0.4 is 5.32 Å². The van der Waals surface area contributed by atoms with E-state index in [0.29, 0.717) is 16.6 Å². The molecule has 1 saturated heterocycles. The standard InChI is InChI=1S/C17H23ClN2O2/c18-15-4-2-1-3-14(15)16(22)20-9-5-13(6-10-20)19-11-17(12-21)7-8-17/h1-4,13,19,21H,5-12H2. The van der Waals surface area contributed by atoms with E-state index in [1.165, 1.54) is 0 Å². The topological polar surface area (TPSA) is 52.6 Å². The van der Waals surface area contributed by atoms with Crippen LogP contribution in [0.1, 0.15) is 36.0 Å². The lowest BCUT2D eigenvalue weighted by atomic mass is 10.0. The van der Waals surface area contributed by atoms with Gasteiger partial charge in [0.05, 0.1) is 10.6 Å². The Kier molecular flexibility index (Phi) is 4.71. The molecule has 1 amide bonds. The van der Waals surface area contributed by atoms with Gasteiger partial charge in [0.1, 0.15) is 0 Å². The molecule has 0 aromatic heterocycles. The van der Waals surface area contributed by atoms with E-state index in [9.17, 15) is 9.90 Å². The van der Waals surface area contributed by atoms with E-state index in [0.717, 1.165) is 45.3 Å². The summed E-state index contributed by atoms with van der Waals surface area (Å²) in [6.45, 7) is 2.69. The summed E-state index contributed by atoms with van der Waals surface area (Å²) in [5, 5.41) is 13.4. The predicted octanol–water partition coefficient (Wildman–Crippen LogP) is 2.31. The van der Waals surface area contributed by atoms with E-state index in [1.807, 2.05) is 17.0 Å². The van der Waals surface area contributed by atoms with Crippen molar-refractivity contribution in [2.45, 2.75) is 31.7 Å². The number of rotatable bonds is 5. The maximum absolute atomic E-state index is 12.5. The Balaban J connectivity index is 1.49. The van der Waals surface area contributed by atoms with Crippen molar-refractivity contribution in [3.8, 4) is 0 Å². The van der Waals surface area contributed by atoms with Crippen LogP contribution in [0, 0.1) is 5.41 Å². The van der Waals surface area contributed by atoms with Gasteiger partial charge in [-0.15, -0.1) is 0 Å². The van der Waals surface area contributed by atoms with Crippen molar-refractivity contribution in [2.75, 3.05) is 26.2 Å². The van der Waals surface area contributed by atoms with Gasteiger partial charge in [0, 0.05) is 37.7 Å². The number of nitrogens with zero attached hydrogens (tertiary/aromatic N) is 1. The zero-order valence-corrected chi connectivity index (χ0v) is 13.5. The van der Waals surface area contributed by atoms with Gasteiger partial charge < -0.3 is 15.3 Å². The third kappa shape index (κ3) is 3.45. The molecule has 0 radical (unpaired) electrons. The number of nitrogens with one attached hydrogen (secondary N) is 1. The number of piperidine rings is 1. The van der Waals surface area contributed by atoms with Crippen molar-refractivity contribution in [3.05, 3.63) is 34.9 Å². The lowest BCUT2D eigenvalue weighted by molar-refractivity contribution is 0.0702. The summed E-state index contributed by atoms with van der Waals surface area (Å²) >= 11 is 6.11. The lowest BCUT2D eigenvalue weighted by Gasteiger charge is -2.33. The van der Waals surface area contributed by atoms with Gasteiger partial charge >= 0.3 is 0 Å². The first-order valence-corrected chi connectivity index (χ1v) is 8.39. The second kappa shape index (κ2) is 6.57. The van der Waals surface area contributed by atoms with Crippen LogP contribution in [0.2, 0.25) is 5.02 Å². The van der Waals surface area contributed by atoms with E-state index in [2.05, 4.69) is 5.32 Å². The van der Waals surface area contributed by atoms with Crippen LogP contribution >= 0.6 is 11.6 Å². The van der Waals surface area contributed by atoms with Crippen molar-refractivity contribution < 1.29 is 9.90 Å². The van der Waals surface area contributed by atoms with E-state index in [-0.39, 0.29) is 17.9 Å². The molecule has 0 bridgehead atoms. The molecule has 4 nitrogen and oxygen atoms in total. The number of aliphatic hydroxyl groups excluding tert-OH is 1. The first-order valence-electron chi connectivity index (χ1n) is 8.02. The summed E-state index contributed by atoms with van der Waals surface area (Å²) in [5.41, 5.74) is 0.734. The highest BCUT2D eigenvalue weighted by atomic mass is 35.5. The molecular formula is C17H23ClN2O2. The fourth-order valence-corrected chi connectivity index (χ4v) is 3.24. The Morgan fingerprint density at radius 3 is 2.59 bits per heavy atom. The molecule has 2 aliphatic rings. The Morgan fingerprint density at radius 2 is 2.00 bits per heavy atom. The van der Waals surface area contributed by atoms with Crippen molar-refractivity contribution in [2.24, 2.45) is 5.41 Å². The minimum absolute atomic E-state index is 0.0260. The van der Waals surface area contributed by atoms with Crippen LogP contribution in [-0.2, 0) is 0 Å². The SMILES string of the molecule is O=C(c1ccccc1Cl)N1CCC(NCC2(CO)CC2)CC1. The fraction of sp³-hybridized carbons (Fsp3) is 0.588. The van der Waals surface area contributed by atoms with Gasteiger partial charge in [0.15, 0.2) is 0 Å². The molecule has 1 heterocycles. The number of hydrogen-bond acceptors (Lipinski definition) is 3. The van der Waals surface area contributed by atoms with Crippen molar-refractivity contribution in [3.63, 3.8) is 0 Å². The normalized spacial score (nSPS) is 20.9. The molecule has 1 aromatic rings. The third-order valence-corrected chi connectivity index (χ3v) is 5.27. The molecular weight excluding hydrogens is 300 g/mol. The molecule has 1 aliphatic carbocycles. The van der Waals surface area contributed by atoms with Gasteiger partial charge in [0.2, 0.25) is 0 Å². The molecule has 1 saturated carbocycles. The Morgan fingerprint density at radius 1 is 1.32 bits per heavy atom. The summed E-state index contributed by atoms with van der Waals surface area (Å²) in [6.07, 6.45) is 4.16. The maximum atomic E-state index is 12.5. The highest BCUT2D eigenvalue weighted by molar-refractivity contribution is 6.33. The first-order chi connectivity index (χ1) is 10.6. The minimum Gasteiger partial charge on any atom is -0.396 e. The molecule has 2 N–H and O–H groups in total. The highest BCUT2D eigenvalue weighted by Crippen LogP contribution is 2.44. The number of aliphatic hydroxyl groups is 1. The van der Waals surface area contributed by atoms with Crippen LogP contribution in [0.15, 0.2) is 24.3 Å². The zero-order chi connectivity index (χ0) is 15.6. The van der Waals surface area contributed by atoms with Gasteiger partial charge in [-0.1, -0.05) is 23.7 Å². The minimum atomic E-state index is 0.0260. The first kappa shape index (κ1) is 15.8. The number of amides is 1. The number of hydrogen-bond donors (Lipinski definition) is 2. The molecule has 120 valence electrons. The van der Waals surface area contributed by atoms with Crippen molar-refractivity contribution >= 4 is 17.5 Å². The summed E-state index contributed by atoms with van der Waals surface area (Å²) in [5.74, 6) is 0.0260. The lowest BCUT2D eigenvalue weighted by Crippen LogP contribution is -2.46. The molecule has 2 fully saturated rings. The number of halogens is 1. The quantitative estimate of drug-likeness (QED) is 0.874. The average molecular weight is 323 g/mol. The van der Waals surface area contributed by atoms with E-state index >= 15 is 0 Å². The summed E-state index contributed by atoms with van der Waals surface area (Å²) < 4.78 is 0. The Hall–Kier alpha value is -1.10. The second-order valence-electron chi connectivity index (χ2n) is 6.59. The molecule has 1 aromatic carbocycles. The molecule has 1 aliphatic heterocycles. The number of carbonyl (C=O) groups excluding carboxylic acids is 1. The molecule has 5 heteroatoms. The van der Waals surface area contributed by atoms with E-state index in [1.54, 1.807) is 12.1 Å². The highest BCUT2D eigenvalue weighted by Gasteiger charge is 2.42. The van der Waals surface area contributed by atoms with Crippen molar-refractivity contribution in [1.82, 2.24) is 10.2 Å². The van der Waals surface area contributed by atoms with Gasteiger partial charge in [0.25, 0.3) is 5.91 Å². The molecule has 0 spiro atoms. The zero-order valence-electron chi connectivity index (χ0n) is 12.7. The largest absolute Gasteiger partial charge is 0.396 e. The van der Waals surface area contributed by atoms with Gasteiger partial charge in [-0.3, -0.25) is 4.79 Å². The Labute approximate surface area is 136 Å². The van der Waals surface area contributed by atoms with Crippen LogP contribution in [0.3, 0.4) is 0 Å². The third-order valence-electron chi connectivity index (χ3n) is 4.94. The van der Waals surface area contributed by atoms with Crippen LogP contribution in [0.25, 0.3) is 0 Å². The molecule has 0 unspecified atom stereocenters. The Bertz CT molecular complexity index is 537. The molecule has 22 heavy (non-hydrogen) atoms. The van der Waals surface area contributed by atoms with E-state index in [4.69, 9.17) is 11.6 Å². The van der Waals surface area contributed by atoms with Gasteiger partial charge in [-0.2, -0.15) is 0 Å². The fourth-order valence-electron chi connectivity index (χ4n) is 3.02. The van der Waals surface area contributed by atoms with Crippen LogP contribution in [-0.4, -0.2) is 48.2 Å². The second-order valence-corrected chi connectivity index (χ2v) is 6.99.